The lowest BCUT2D eigenvalue weighted by molar-refractivity contribution is 0.0929. The predicted octanol–water partition coefficient (Wildman–Crippen LogP) is 2.12. The topological polar surface area (TPSA) is 52.6 Å². The molecule has 0 aliphatic carbocycles. The Labute approximate surface area is 120 Å². The van der Waals surface area contributed by atoms with Crippen molar-refractivity contribution in [3.05, 3.63) is 28.2 Å². The third-order valence-corrected chi connectivity index (χ3v) is 4.80. The minimum Gasteiger partial charge on any atom is -0.507 e. The highest BCUT2D eigenvalue weighted by atomic mass is 79.9. The van der Waals surface area contributed by atoms with Crippen LogP contribution >= 0.6 is 15.9 Å². The summed E-state index contributed by atoms with van der Waals surface area (Å²) in [7, 11) is 0. The molecule has 2 heterocycles. The number of fused-ring (bicyclic) bond motifs is 1. The zero-order valence-electron chi connectivity index (χ0n) is 10.6. The molecule has 2 aliphatic heterocycles. The third-order valence-electron chi connectivity index (χ3n) is 4.13. The van der Waals surface area contributed by atoms with Gasteiger partial charge in [-0.05, 0) is 59.9 Å². The molecule has 1 aromatic carbocycles. The molecule has 0 spiro atoms. The van der Waals surface area contributed by atoms with E-state index in [4.69, 9.17) is 0 Å². The van der Waals surface area contributed by atoms with Gasteiger partial charge in [0.2, 0.25) is 0 Å². The molecule has 2 fully saturated rings. The van der Waals surface area contributed by atoms with Crippen LogP contribution in [0.4, 0.5) is 0 Å². The van der Waals surface area contributed by atoms with Crippen molar-refractivity contribution in [1.82, 2.24) is 10.2 Å². The number of amides is 1. The normalized spacial score (nSPS) is 26.4. The van der Waals surface area contributed by atoms with Crippen molar-refractivity contribution < 1.29 is 9.90 Å². The van der Waals surface area contributed by atoms with Crippen molar-refractivity contribution in [2.75, 3.05) is 13.1 Å². The van der Waals surface area contributed by atoms with E-state index < -0.39 is 0 Å². The molecule has 1 aromatic rings. The van der Waals surface area contributed by atoms with Crippen LogP contribution in [0, 0.1) is 0 Å². The molecular weight excluding hydrogens is 308 g/mol. The quantitative estimate of drug-likeness (QED) is 0.876. The number of halogens is 1. The van der Waals surface area contributed by atoms with Gasteiger partial charge in [-0.1, -0.05) is 0 Å². The van der Waals surface area contributed by atoms with Gasteiger partial charge in [0.15, 0.2) is 0 Å². The lowest BCUT2D eigenvalue weighted by atomic mass is 10.1. The van der Waals surface area contributed by atoms with E-state index in [1.807, 2.05) is 0 Å². The lowest BCUT2D eigenvalue weighted by Gasteiger charge is -2.21. The van der Waals surface area contributed by atoms with Gasteiger partial charge in [0, 0.05) is 24.2 Å². The maximum Gasteiger partial charge on any atom is 0.251 e. The summed E-state index contributed by atoms with van der Waals surface area (Å²) in [6, 6.07) is 5.68. The van der Waals surface area contributed by atoms with Crippen LogP contribution in [0.15, 0.2) is 22.7 Å². The molecule has 2 saturated heterocycles. The lowest BCUT2D eigenvalue weighted by Crippen LogP contribution is -2.42. The molecule has 0 radical (unpaired) electrons. The van der Waals surface area contributed by atoms with Gasteiger partial charge in [-0.15, -0.1) is 0 Å². The summed E-state index contributed by atoms with van der Waals surface area (Å²) in [5.41, 5.74) is 0.511. The number of nitrogens with one attached hydrogen (secondary N) is 1. The molecule has 102 valence electrons. The minimum absolute atomic E-state index is 0.0958. The summed E-state index contributed by atoms with van der Waals surface area (Å²) < 4.78 is 0.604. The van der Waals surface area contributed by atoms with Crippen LogP contribution in [0.3, 0.4) is 0 Å². The van der Waals surface area contributed by atoms with Gasteiger partial charge in [-0.3, -0.25) is 9.69 Å². The van der Waals surface area contributed by atoms with Crippen molar-refractivity contribution in [2.24, 2.45) is 0 Å². The standard InChI is InChI=1S/C14H17BrN2O2/c15-10-4-3-9(8-13(10)18)14(19)16-11-5-7-17-6-1-2-12(11)17/h3-4,8,11-12,18H,1-2,5-7H2,(H,16,19). The van der Waals surface area contributed by atoms with Crippen molar-refractivity contribution >= 4 is 21.8 Å². The number of aromatic hydroxyl groups is 1. The van der Waals surface area contributed by atoms with Crippen molar-refractivity contribution in [2.45, 2.75) is 31.3 Å². The van der Waals surface area contributed by atoms with Crippen LogP contribution in [0.1, 0.15) is 29.6 Å². The highest BCUT2D eigenvalue weighted by molar-refractivity contribution is 9.10. The van der Waals surface area contributed by atoms with Crippen LogP contribution in [-0.2, 0) is 0 Å². The number of rotatable bonds is 2. The molecular formula is C14H17BrN2O2. The van der Waals surface area contributed by atoms with Crippen LogP contribution in [0.25, 0.3) is 0 Å². The Morgan fingerprint density at radius 3 is 3.00 bits per heavy atom. The van der Waals surface area contributed by atoms with Gasteiger partial charge in [0.05, 0.1) is 4.47 Å². The van der Waals surface area contributed by atoms with E-state index >= 15 is 0 Å². The molecule has 2 unspecified atom stereocenters. The molecule has 3 rings (SSSR count). The summed E-state index contributed by atoms with van der Waals surface area (Å²) in [5, 5.41) is 12.7. The number of hydrogen-bond acceptors (Lipinski definition) is 3. The zero-order valence-corrected chi connectivity index (χ0v) is 12.2. The van der Waals surface area contributed by atoms with Crippen LogP contribution in [0.2, 0.25) is 0 Å². The van der Waals surface area contributed by atoms with Gasteiger partial charge in [0.1, 0.15) is 5.75 Å². The third kappa shape index (κ3) is 2.49. The molecule has 19 heavy (non-hydrogen) atoms. The fourth-order valence-corrected chi connectivity index (χ4v) is 3.40. The van der Waals surface area contributed by atoms with E-state index in [1.54, 1.807) is 12.1 Å². The summed E-state index contributed by atoms with van der Waals surface area (Å²) in [5.74, 6) is 0.00288. The fraction of sp³-hybridized carbons (Fsp3) is 0.500. The molecule has 0 saturated carbocycles. The first-order valence-electron chi connectivity index (χ1n) is 6.68. The Bertz CT molecular complexity index is 506. The molecule has 2 N–H and O–H groups in total. The number of phenolic OH excluding ortho intramolecular Hbond substituents is 1. The number of hydrogen-bond donors (Lipinski definition) is 2. The fourth-order valence-electron chi connectivity index (χ4n) is 3.16. The second-order valence-electron chi connectivity index (χ2n) is 5.28. The van der Waals surface area contributed by atoms with Crippen molar-refractivity contribution in [3.63, 3.8) is 0 Å². The second kappa shape index (κ2) is 5.13. The summed E-state index contributed by atoms with van der Waals surface area (Å²) in [6.07, 6.45) is 3.44. The average molecular weight is 325 g/mol. The van der Waals surface area contributed by atoms with Crippen LogP contribution in [0.5, 0.6) is 5.75 Å². The van der Waals surface area contributed by atoms with Crippen LogP contribution in [-0.4, -0.2) is 41.1 Å². The second-order valence-corrected chi connectivity index (χ2v) is 6.13. The summed E-state index contributed by atoms with van der Waals surface area (Å²) in [4.78, 5) is 14.7. The Morgan fingerprint density at radius 2 is 2.21 bits per heavy atom. The van der Waals surface area contributed by atoms with Gasteiger partial charge >= 0.3 is 0 Å². The Morgan fingerprint density at radius 1 is 1.37 bits per heavy atom. The van der Waals surface area contributed by atoms with E-state index in [2.05, 4.69) is 26.1 Å². The summed E-state index contributed by atoms with van der Waals surface area (Å²) >= 11 is 3.22. The SMILES string of the molecule is O=C(NC1CCN2CCCC12)c1ccc(Br)c(O)c1. The van der Waals surface area contributed by atoms with E-state index in [1.165, 1.54) is 18.9 Å². The highest BCUT2D eigenvalue weighted by Gasteiger charge is 2.37. The van der Waals surface area contributed by atoms with Gasteiger partial charge in [0.25, 0.3) is 5.91 Å². The molecule has 1 amide bonds. The molecule has 5 heteroatoms. The number of benzene rings is 1. The zero-order chi connectivity index (χ0) is 13.4. The molecule has 0 bridgehead atoms. The Balaban J connectivity index is 1.69. The first kappa shape index (κ1) is 12.9. The smallest absolute Gasteiger partial charge is 0.251 e. The predicted molar refractivity (Wildman–Crippen MR) is 76.3 cm³/mol. The maximum absolute atomic E-state index is 12.2. The van der Waals surface area contributed by atoms with Crippen LogP contribution < -0.4 is 5.32 Å². The first-order valence-corrected chi connectivity index (χ1v) is 7.48. The Hall–Kier alpha value is -1.07. The molecule has 0 aromatic heterocycles. The highest BCUT2D eigenvalue weighted by Crippen LogP contribution is 2.28. The van der Waals surface area contributed by atoms with Crippen molar-refractivity contribution in [1.29, 1.82) is 0 Å². The van der Waals surface area contributed by atoms with E-state index in [-0.39, 0.29) is 17.7 Å². The van der Waals surface area contributed by atoms with Gasteiger partial charge < -0.3 is 10.4 Å². The number of phenols is 1. The first-order chi connectivity index (χ1) is 9.15. The molecule has 4 nitrogen and oxygen atoms in total. The van der Waals surface area contributed by atoms with Gasteiger partial charge in [-0.2, -0.15) is 0 Å². The van der Waals surface area contributed by atoms with E-state index in [0.717, 1.165) is 19.5 Å². The number of nitrogens with zero attached hydrogens (tertiary/aromatic N) is 1. The monoisotopic (exact) mass is 324 g/mol. The summed E-state index contributed by atoms with van der Waals surface area (Å²) in [6.45, 7) is 2.25. The minimum atomic E-state index is -0.0958. The molecule has 2 atom stereocenters. The Kier molecular flexibility index (Phi) is 3.50. The van der Waals surface area contributed by atoms with E-state index in [9.17, 15) is 9.90 Å². The number of carbonyl (C=O) groups is 1. The maximum atomic E-state index is 12.2. The average Bonchev–Trinajstić information content (AvgIpc) is 2.97. The largest absolute Gasteiger partial charge is 0.507 e. The van der Waals surface area contributed by atoms with Gasteiger partial charge in [-0.25, -0.2) is 0 Å². The number of carbonyl (C=O) groups excluding carboxylic acids is 1. The van der Waals surface area contributed by atoms with E-state index in [0.29, 0.717) is 16.1 Å². The van der Waals surface area contributed by atoms with Crippen molar-refractivity contribution in [3.8, 4) is 5.75 Å². The molecule has 2 aliphatic rings.